The fourth-order valence-electron chi connectivity index (χ4n) is 4.59. The molecular formula is C33H25NO8. The van der Waals surface area contributed by atoms with Crippen LogP contribution in [0.2, 0.25) is 0 Å². The summed E-state index contributed by atoms with van der Waals surface area (Å²) >= 11 is 0. The number of hydrogen-bond donors (Lipinski definition) is 2. The predicted molar refractivity (Wildman–Crippen MR) is 157 cm³/mol. The molecular weight excluding hydrogens is 538 g/mol. The number of fused-ring (bicyclic) bond motifs is 2. The van der Waals surface area contributed by atoms with Crippen LogP contribution in [0.1, 0.15) is 0 Å². The first kappa shape index (κ1) is 27.0. The van der Waals surface area contributed by atoms with E-state index in [0.29, 0.717) is 44.6 Å². The van der Waals surface area contributed by atoms with E-state index >= 15 is 0 Å². The highest BCUT2D eigenvalue weighted by Crippen LogP contribution is 2.26. The molecule has 0 aliphatic heterocycles. The van der Waals surface area contributed by atoms with Crippen molar-refractivity contribution in [1.29, 1.82) is 0 Å². The summed E-state index contributed by atoms with van der Waals surface area (Å²) in [5, 5.41) is 10.6. The third-order valence-electron chi connectivity index (χ3n) is 6.67. The van der Waals surface area contributed by atoms with Gasteiger partial charge < -0.3 is 18.3 Å². The lowest BCUT2D eigenvalue weighted by Gasteiger charge is -2.18. The van der Waals surface area contributed by atoms with E-state index < -0.39 is 17.4 Å². The van der Waals surface area contributed by atoms with Crippen molar-refractivity contribution in [3.8, 4) is 33.8 Å². The largest absolute Gasteiger partial charge is 0.491 e. The van der Waals surface area contributed by atoms with Crippen LogP contribution in [0, 0.1) is 0 Å². The van der Waals surface area contributed by atoms with Crippen LogP contribution in [0.5, 0.6) is 11.5 Å². The molecule has 6 rings (SSSR count). The molecule has 9 nitrogen and oxygen atoms in total. The van der Waals surface area contributed by atoms with Gasteiger partial charge >= 0.3 is 11.3 Å². The molecule has 42 heavy (non-hydrogen) atoms. The van der Waals surface area contributed by atoms with Crippen LogP contribution in [-0.2, 0) is 4.84 Å². The maximum atomic E-state index is 12.5. The molecule has 210 valence electrons. The van der Waals surface area contributed by atoms with Crippen molar-refractivity contribution >= 4 is 21.9 Å². The molecule has 2 aromatic heterocycles. The van der Waals surface area contributed by atoms with Crippen LogP contribution >= 0.6 is 0 Å². The Bertz CT molecular complexity index is 1810. The first-order chi connectivity index (χ1) is 20.6. The summed E-state index contributed by atoms with van der Waals surface area (Å²) in [5.41, 5.74) is 4.14. The quantitative estimate of drug-likeness (QED) is 0.153. The number of rotatable bonds is 10. The summed E-state index contributed by atoms with van der Waals surface area (Å²) in [6.45, 7) is 0.0595. The molecule has 2 heterocycles. The maximum Gasteiger partial charge on any atom is 0.344 e. The highest BCUT2D eigenvalue weighted by Gasteiger charge is 2.15. The summed E-state index contributed by atoms with van der Waals surface area (Å²) in [6, 6.07) is 32.3. The van der Waals surface area contributed by atoms with E-state index in [2.05, 4.69) is 0 Å². The Morgan fingerprint density at radius 2 is 1.07 bits per heavy atom. The van der Waals surface area contributed by atoms with E-state index in [0.717, 1.165) is 11.1 Å². The van der Waals surface area contributed by atoms with Crippen LogP contribution in [0.4, 0.5) is 0 Å². The van der Waals surface area contributed by atoms with Gasteiger partial charge in [0.25, 0.3) is 0 Å². The van der Waals surface area contributed by atoms with Crippen LogP contribution < -0.4 is 26.4 Å². The van der Waals surface area contributed by atoms with Crippen LogP contribution in [0.15, 0.2) is 128 Å². The normalized spacial score (nSPS) is 11.3. The Labute approximate surface area is 239 Å². The SMILES string of the molecule is O=c1oc2ccc(OCC(COc3ccc4oc(=O)c(-c5ccccc5)cc4c3)ONO)cc2cc1-c1ccccc1. The smallest absolute Gasteiger partial charge is 0.344 e. The zero-order valence-corrected chi connectivity index (χ0v) is 22.2. The molecule has 6 aromatic rings. The minimum absolute atomic E-state index is 0.0298. The molecule has 0 aliphatic rings. The zero-order valence-electron chi connectivity index (χ0n) is 22.2. The molecule has 0 aliphatic carbocycles. The van der Waals surface area contributed by atoms with Gasteiger partial charge in [0.2, 0.25) is 0 Å². The third-order valence-corrected chi connectivity index (χ3v) is 6.67. The molecule has 0 saturated carbocycles. The lowest BCUT2D eigenvalue weighted by Crippen LogP contribution is -2.33. The summed E-state index contributed by atoms with van der Waals surface area (Å²) in [5.74, 6) is 1.02. The standard InChI is InChI=1S/C33H25NO8/c35-32-28(21-7-3-1-4-8-21)17-23-15-25(11-13-30(23)40-32)38-19-27(42-34-37)20-39-26-12-14-31-24(16-26)18-29(33(36)41-31)22-9-5-2-6-10-22/h1-18,27,34,37H,19-20H2. The van der Waals surface area contributed by atoms with Gasteiger partial charge in [-0.1, -0.05) is 66.3 Å². The average Bonchev–Trinajstić information content (AvgIpc) is 3.02. The molecule has 0 spiro atoms. The fraction of sp³-hybridized carbons (Fsp3) is 0.0909. The van der Waals surface area contributed by atoms with Gasteiger partial charge in [0.1, 0.15) is 42.0 Å². The van der Waals surface area contributed by atoms with Gasteiger partial charge in [-0.05, 0) is 59.7 Å². The van der Waals surface area contributed by atoms with Crippen molar-refractivity contribution in [2.75, 3.05) is 13.2 Å². The van der Waals surface area contributed by atoms with Gasteiger partial charge in [-0.15, -0.1) is 0 Å². The minimum Gasteiger partial charge on any atom is -0.491 e. The molecule has 0 atom stereocenters. The fourth-order valence-corrected chi connectivity index (χ4v) is 4.59. The van der Waals surface area contributed by atoms with Crippen molar-refractivity contribution in [3.05, 3.63) is 130 Å². The van der Waals surface area contributed by atoms with E-state index in [9.17, 15) is 14.8 Å². The van der Waals surface area contributed by atoms with E-state index in [1.165, 1.54) is 0 Å². The monoisotopic (exact) mass is 563 g/mol. The van der Waals surface area contributed by atoms with E-state index in [4.69, 9.17) is 23.1 Å². The Kier molecular flexibility index (Phi) is 7.78. The van der Waals surface area contributed by atoms with Gasteiger partial charge in [-0.2, -0.15) is 0 Å². The van der Waals surface area contributed by atoms with Crippen LogP contribution in [-0.4, -0.2) is 24.5 Å². The average molecular weight is 564 g/mol. The third kappa shape index (κ3) is 5.93. The van der Waals surface area contributed by atoms with Gasteiger partial charge in [-0.3, -0.25) is 10.0 Å². The Morgan fingerprint density at radius 1 is 0.619 bits per heavy atom. The summed E-state index contributed by atoms with van der Waals surface area (Å²) in [4.78, 5) is 30.2. The van der Waals surface area contributed by atoms with Crippen LogP contribution in [0.3, 0.4) is 0 Å². The topological polar surface area (TPSA) is 120 Å². The van der Waals surface area contributed by atoms with E-state index in [1.54, 1.807) is 54.2 Å². The Balaban J connectivity index is 1.16. The lowest BCUT2D eigenvalue weighted by atomic mass is 10.1. The molecule has 2 N–H and O–H groups in total. The molecule has 0 radical (unpaired) electrons. The number of hydrogen-bond acceptors (Lipinski definition) is 9. The highest BCUT2D eigenvalue weighted by molar-refractivity contribution is 5.84. The van der Waals surface area contributed by atoms with Crippen molar-refractivity contribution in [2.24, 2.45) is 0 Å². The Morgan fingerprint density at radius 3 is 1.50 bits per heavy atom. The van der Waals surface area contributed by atoms with Gasteiger partial charge in [0.05, 0.1) is 11.1 Å². The van der Waals surface area contributed by atoms with Crippen LogP contribution in [0.25, 0.3) is 44.2 Å². The molecule has 0 amide bonds. The Hall–Kier alpha value is -5.22. The minimum atomic E-state index is -0.705. The van der Waals surface area contributed by atoms with Crippen molar-refractivity contribution < 1.29 is 28.4 Å². The van der Waals surface area contributed by atoms with E-state index in [1.807, 2.05) is 60.7 Å². The molecule has 0 fully saturated rings. The molecule has 0 bridgehead atoms. The van der Waals surface area contributed by atoms with Crippen molar-refractivity contribution in [1.82, 2.24) is 5.64 Å². The zero-order chi connectivity index (χ0) is 28.9. The van der Waals surface area contributed by atoms with Gasteiger partial charge in [0, 0.05) is 10.8 Å². The highest BCUT2D eigenvalue weighted by atomic mass is 16.8. The van der Waals surface area contributed by atoms with Gasteiger partial charge in [0.15, 0.2) is 0 Å². The second-order valence-corrected chi connectivity index (χ2v) is 9.48. The molecule has 0 unspecified atom stereocenters. The second kappa shape index (κ2) is 12.1. The molecule has 0 saturated heterocycles. The number of nitrogens with one attached hydrogen (secondary N) is 1. The second-order valence-electron chi connectivity index (χ2n) is 9.48. The molecule has 9 heteroatoms. The maximum absolute atomic E-state index is 12.5. The van der Waals surface area contributed by atoms with E-state index in [-0.39, 0.29) is 13.2 Å². The summed E-state index contributed by atoms with van der Waals surface area (Å²) in [6.07, 6.45) is -0.705. The number of benzene rings is 4. The summed E-state index contributed by atoms with van der Waals surface area (Å²) in [7, 11) is 0. The predicted octanol–water partition coefficient (Wildman–Crippen LogP) is 5.97. The first-order valence-electron chi connectivity index (χ1n) is 13.1. The number of ether oxygens (including phenoxy) is 2. The lowest BCUT2D eigenvalue weighted by molar-refractivity contribution is -0.177. The molecule has 4 aromatic carbocycles. The first-order valence-corrected chi connectivity index (χ1v) is 13.1. The summed E-state index contributed by atoms with van der Waals surface area (Å²) < 4.78 is 22.8. The van der Waals surface area contributed by atoms with Gasteiger partial charge in [-0.25, -0.2) is 9.59 Å². The van der Waals surface area contributed by atoms with Crippen molar-refractivity contribution in [3.63, 3.8) is 0 Å². The van der Waals surface area contributed by atoms with Crippen molar-refractivity contribution in [2.45, 2.75) is 6.10 Å².